The second-order valence-electron chi connectivity index (χ2n) is 4.80. The first kappa shape index (κ1) is 14.9. The van der Waals surface area contributed by atoms with Gasteiger partial charge in [0.2, 0.25) is 0 Å². The summed E-state index contributed by atoms with van der Waals surface area (Å²) < 4.78 is 7.37. The molecule has 0 bridgehead atoms. The molecular formula is C15H20ClN3O. The van der Waals surface area contributed by atoms with E-state index < -0.39 is 0 Å². The summed E-state index contributed by atoms with van der Waals surface area (Å²) in [5.41, 5.74) is 3.82. The second kappa shape index (κ2) is 5.85. The number of halogens is 1. The topological polar surface area (TPSA) is 39.1 Å². The van der Waals surface area contributed by atoms with Gasteiger partial charge in [0.15, 0.2) is 0 Å². The Morgan fingerprint density at radius 3 is 2.55 bits per heavy atom. The minimum atomic E-state index is 0.142. The van der Waals surface area contributed by atoms with Gasteiger partial charge in [-0.2, -0.15) is 5.10 Å². The summed E-state index contributed by atoms with van der Waals surface area (Å²) in [5, 5.41) is 8.49. The average Bonchev–Trinajstić information content (AvgIpc) is 2.73. The van der Waals surface area contributed by atoms with Gasteiger partial charge in [-0.15, -0.1) is 0 Å². The molecule has 1 heterocycles. The lowest BCUT2D eigenvalue weighted by molar-refractivity contribution is 0.403. The summed E-state index contributed by atoms with van der Waals surface area (Å²) in [6, 6.07) is 6.09. The summed E-state index contributed by atoms with van der Waals surface area (Å²) in [6.45, 7) is 5.97. The van der Waals surface area contributed by atoms with Gasteiger partial charge in [0.25, 0.3) is 0 Å². The van der Waals surface area contributed by atoms with E-state index in [1.54, 1.807) is 7.11 Å². The summed E-state index contributed by atoms with van der Waals surface area (Å²) in [4.78, 5) is 0. The number of hydrogen-bond donors (Lipinski definition) is 1. The first-order valence-corrected chi connectivity index (χ1v) is 6.95. The van der Waals surface area contributed by atoms with E-state index in [0.29, 0.717) is 5.02 Å². The lowest BCUT2D eigenvalue weighted by Gasteiger charge is -2.20. The van der Waals surface area contributed by atoms with Gasteiger partial charge in [0.1, 0.15) is 5.75 Å². The van der Waals surface area contributed by atoms with E-state index in [1.165, 1.54) is 0 Å². The third-order valence-electron chi connectivity index (χ3n) is 3.56. The number of aromatic nitrogens is 2. The lowest BCUT2D eigenvalue weighted by Crippen LogP contribution is -2.17. The smallest absolute Gasteiger partial charge is 0.125 e. The van der Waals surface area contributed by atoms with Crippen molar-refractivity contribution in [1.82, 2.24) is 15.1 Å². The minimum absolute atomic E-state index is 0.142. The van der Waals surface area contributed by atoms with Crippen molar-refractivity contribution in [3.8, 4) is 11.4 Å². The molecule has 0 aliphatic heterocycles. The Morgan fingerprint density at radius 2 is 2.05 bits per heavy atom. The standard InChI is InChI=1S/C15H20ClN3O/c1-9(17-4)14-12(7-6-8-13(14)20-5)19-11(3)15(16)10(2)18-19/h6-9,17H,1-5H3. The first-order chi connectivity index (χ1) is 9.51. The zero-order valence-corrected chi connectivity index (χ0v) is 13.2. The van der Waals surface area contributed by atoms with Crippen molar-refractivity contribution in [2.75, 3.05) is 14.2 Å². The van der Waals surface area contributed by atoms with E-state index in [4.69, 9.17) is 16.3 Å². The van der Waals surface area contributed by atoms with E-state index in [-0.39, 0.29) is 6.04 Å². The van der Waals surface area contributed by atoms with Gasteiger partial charge in [0.05, 0.1) is 29.2 Å². The van der Waals surface area contributed by atoms with Crippen molar-refractivity contribution in [2.45, 2.75) is 26.8 Å². The number of methoxy groups -OCH3 is 1. The van der Waals surface area contributed by atoms with E-state index in [2.05, 4.69) is 17.3 Å². The molecule has 0 aliphatic rings. The minimum Gasteiger partial charge on any atom is -0.496 e. The summed E-state index contributed by atoms with van der Waals surface area (Å²) in [6.07, 6.45) is 0. The van der Waals surface area contributed by atoms with E-state index in [0.717, 1.165) is 28.4 Å². The molecule has 5 heteroatoms. The van der Waals surface area contributed by atoms with Crippen molar-refractivity contribution in [3.05, 3.63) is 40.2 Å². The number of hydrogen-bond acceptors (Lipinski definition) is 3. The Labute approximate surface area is 124 Å². The van der Waals surface area contributed by atoms with Crippen LogP contribution in [0.5, 0.6) is 5.75 Å². The molecule has 0 saturated carbocycles. The highest BCUT2D eigenvalue weighted by molar-refractivity contribution is 6.31. The predicted molar refractivity (Wildman–Crippen MR) is 82.1 cm³/mol. The van der Waals surface area contributed by atoms with Crippen LogP contribution in [-0.4, -0.2) is 23.9 Å². The van der Waals surface area contributed by atoms with Crippen LogP contribution in [0.2, 0.25) is 5.02 Å². The van der Waals surface area contributed by atoms with Gasteiger partial charge < -0.3 is 10.1 Å². The van der Waals surface area contributed by atoms with Crippen molar-refractivity contribution in [2.24, 2.45) is 0 Å². The Hall–Kier alpha value is -1.52. The van der Waals surface area contributed by atoms with Crippen molar-refractivity contribution < 1.29 is 4.74 Å². The molecule has 1 atom stereocenters. The second-order valence-corrected chi connectivity index (χ2v) is 5.18. The van der Waals surface area contributed by atoms with Crippen LogP contribution in [0.15, 0.2) is 18.2 Å². The third kappa shape index (κ3) is 2.41. The van der Waals surface area contributed by atoms with Crippen LogP contribution >= 0.6 is 11.6 Å². The molecule has 1 N–H and O–H groups in total. The Bertz CT molecular complexity index is 622. The molecule has 0 radical (unpaired) electrons. The molecule has 1 unspecified atom stereocenters. The molecule has 20 heavy (non-hydrogen) atoms. The molecule has 2 rings (SSSR count). The highest BCUT2D eigenvalue weighted by Gasteiger charge is 2.19. The lowest BCUT2D eigenvalue weighted by atomic mass is 10.0. The fraction of sp³-hybridized carbons (Fsp3) is 0.400. The molecule has 1 aromatic heterocycles. The highest BCUT2D eigenvalue weighted by Crippen LogP contribution is 2.33. The zero-order valence-electron chi connectivity index (χ0n) is 12.5. The maximum atomic E-state index is 6.26. The Kier molecular flexibility index (Phi) is 4.35. The predicted octanol–water partition coefficient (Wildman–Crippen LogP) is 3.43. The van der Waals surface area contributed by atoms with Crippen LogP contribution in [-0.2, 0) is 0 Å². The molecule has 0 aliphatic carbocycles. The van der Waals surface area contributed by atoms with Crippen LogP contribution in [0.25, 0.3) is 5.69 Å². The molecule has 0 spiro atoms. The Morgan fingerprint density at radius 1 is 1.35 bits per heavy atom. The fourth-order valence-corrected chi connectivity index (χ4v) is 2.45. The number of aryl methyl sites for hydroxylation is 1. The maximum Gasteiger partial charge on any atom is 0.125 e. The van der Waals surface area contributed by atoms with Crippen LogP contribution in [0.4, 0.5) is 0 Å². The van der Waals surface area contributed by atoms with Gasteiger partial charge >= 0.3 is 0 Å². The van der Waals surface area contributed by atoms with Gasteiger partial charge in [-0.05, 0) is 40.0 Å². The summed E-state index contributed by atoms with van der Waals surface area (Å²) >= 11 is 6.26. The van der Waals surface area contributed by atoms with Gasteiger partial charge in [0, 0.05) is 11.6 Å². The van der Waals surface area contributed by atoms with Crippen molar-refractivity contribution in [3.63, 3.8) is 0 Å². The normalized spacial score (nSPS) is 12.5. The zero-order chi connectivity index (χ0) is 14.9. The summed E-state index contributed by atoms with van der Waals surface area (Å²) in [5.74, 6) is 0.841. The number of nitrogens with zero attached hydrogens (tertiary/aromatic N) is 2. The molecule has 4 nitrogen and oxygen atoms in total. The van der Waals surface area contributed by atoms with E-state index >= 15 is 0 Å². The molecule has 108 valence electrons. The molecule has 0 saturated heterocycles. The monoisotopic (exact) mass is 293 g/mol. The van der Waals surface area contributed by atoms with Gasteiger partial charge in [-0.1, -0.05) is 17.7 Å². The van der Waals surface area contributed by atoms with E-state index in [1.807, 2.05) is 43.8 Å². The van der Waals surface area contributed by atoms with Crippen LogP contribution < -0.4 is 10.1 Å². The SMILES string of the molecule is CNC(C)c1c(OC)cccc1-n1nc(C)c(Cl)c1C. The summed E-state index contributed by atoms with van der Waals surface area (Å²) in [7, 11) is 3.61. The van der Waals surface area contributed by atoms with Gasteiger partial charge in [-0.25, -0.2) is 4.68 Å². The van der Waals surface area contributed by atoms with Crippen molar-refractivity contribution in [1.29, 1.82) is 0 Å². The molecule has 2 aromatic rings. The molecule has 0 amide bonds. The maximum absolute atomic E-state index is 6.26. The van der Waals surface area contributed by atoms with Crippen LogP contribution in [0, 0.1) is 13.8 Å². The molecule has 0 fully saturated rings. The van der Waals surface area contributed by atoms with E-state index in [9.17, 15) is 0 Å². The largest absolute Gasteiger partial charge is 0.496 e. The third-order valence-corrected chi connectivity index (χ3v) is 4.11. The molecular weight excluding hydrogens is 274 g/mol. The number of nitrogens with one attached hydrogen (secondary N) is 1. The Balaban J connectivity index is 2.70. The van der Waals surface area contributed by atoms with Crippen LogP contribution in [0.3, 0.4) is 0 Å². The number of ether oxygens (including phenoxy) is 1. The number of benzene rings is 1. The first-order valence-electron chi connectivity index (χ1n) is 6.57. The van der Waals surface area contributed by atoms with Gasteiger partial charge in [-0.3, -0.25) is 0 Å². The number of rotatable bonds is 4. The molecule has 1 aromatic carbocycles. The highest BCUT2D eigenvalue weighted by atomic mass is 35.5. The van der Waals surface area contributed by atoms with Crippen LogP contribution in [0.1, 0.15) is 29.9 Å². The quantitative estimate of drug-likeness (QED) is 0.939. The fourth-order valence-electron chi connectivity index (χ4n) is 2.33. The van der Waals surface area contributed by atoms with Crippen molar-refractivity contribution >= 4 is 11.6 Å². The average molecular weight is 294 g/mol.